The van der Waals surface area contributed by atoms with Crippen molar-refractivity contribution in [3.05, 3.63) is 0 Å². The molecule has 1 N–H and O–H groups in total. The summed E-state index contributed by atoms with van der Waals surface area (Å²) < 4.78 is 25.9. The Balaban J connectivity index is 2.83. The molecule has 0 bridgehead atoms. The minimum atomic E-state index is -3.54. The van der Waals surface area contributed by atoms with Gasteiger partial charge in [0, 0.05) is 39.8 Å². The van der Waals surface area contributed by atoms with Crippen LogP contribution in [0.1, 0.15) is 13.8 Å². The molecule has 0 aromatic carbocycles. The van der Waals surface area contributed by atoms with Gasteiger partial charge in [0.15, 0.2) is 5.25 Å². The average molecular weight is 263 g/mol. The van der Waals surface area contributed by atoms with E-state index in [0.717, 1.165) is 0 Å². The molecule has 0 aromatic heterocycles. The molecule has 1 rings (SSSR count). The van der Waals surface area contributed by atoms with E-state index in [1.807, 2.05) is 6.92 Å². The van der Waals surface area contributed by atoms with E-state index in [4.69, 9.17) is 0 Å². The SMILES string of the molecule is CC(C(=O)N(C)C)S(=O)(=O)N1CCN[C@@H](C)C1. The maximum atomic E-state index is 12.2. The lowest BCUT2D eigenvalue weighted by atomic mass is 10.3. The highest BCUT2D eigenvalue weighted by Gasteiger charge is 2.36. The zero-order valence-electron chi connectivity index (χ0n) is 10.8. The van der Waals surface area contributed by atoms with Gasteiger partial charge in [-0.1, -0.05) is 0 Å². The van der Waals surface area contributed by atoms with Crippen LogP contribution < -0.4 is 5.32 Å². The summed E-state index contributed by atoms with van der Waals surface area (Å²) in [6.45, 7) is 4.86. The van der Waals surface area contributed by atoms with Crippen LogP contribution in [0.15, 0.2) is 0 Å². The first-order valence-corrected chi connectivity index (χ1v) is 7.20. The Hall–Kier alpha value is -0.660. The Morgan fingerprint density at radius 1 is 1.47 bits per heavy atom. The molecule has 1 unspecified atom stereocenters. The summed E-state index contributed by atoms with van der Waals surface area (Å²) in [5, 5.41) is 2.16. The number of piperazine rings is 1. The van der Waals surface area contributed by atoms with Crippen LogP contribution in [0, 0.1) is 0 Å². The number of carbonyl (C=O) groups is 1. The normalized spacial score (nSPS) is 24.4. The quantitative estimate of drug-likeness (QED) is 0.715. The van der Waals surface area contributed by atoms with Gasteiger partial charge < -0.3 is 10.2 Å². The molecule has 1 saturated heterocycles. The summed E-state index contributed by atoms with van der Waals surface area (Å²) in [6, 6.07) is 0.125. The molecule has 1 aliphatic heterocycles. The number of sulfonamides is 1. The minimum absolute atomic E-state index is 0.125. The predicted octanol–water partition coefficient (Wildman–Crippen LogP) is -0.913. The number of hydrogen-bond acceptors (Lipinski definition) is 4. The Labute approximate surface area is 103 Å². The number of rotatable bonds is 3. The summed E-state index contributed by atoms with van der Waals surface area (Å²) in [5.41, 5.74) is 0. The van der Waals surface area contributed by atoms with Crippen molar-refractivity contribution < 1.29 is 13.2 Å². The Morgan fingerprint density at radius 2 is 2.06 bits per heavy atom. The predicted molar refractivity (Wildman–Crippen MR) is 66.1 cm³/mol. The zero-order chi connectivity index (χ0) is 13.2. The van der Waals surface area contributed by atoms with Crippen molar-refractivity contribution >= 4 is 15.9 Å². The van der Waals surface area contributed by atoms with Gasteiger partial charge in [-0.05, 0) is 13.8 Å². The van der Waals surface area contributed by atoms with E-state index < -0.39 is 15.3 Å². The minimum Gasteiger partial charge on any atom is -0.348 e. The second-order valence-corrected chi connectivity index (χ2v) is 6.89. The second-order valence-electron chi connectivity index (χ2n) is 4.63. The van der Waals surface area contributed by atoms with Crippen molar-refractivity contribution in [1.82, 2.24) is 14.5 Å². The average Bonchev–Trinajstić information content (AvgIpc) is 2.26. The summed E-state index contributed by atoms with van der Waals surface area (Å²) in [7, 11) is -0.409. The number of amides is 1. The highest BCUT2D eigenvalue weighted by atomic mass is 32.2. The molecule has 0 aliphatic carbocycles. The van der Waals surface area contributed by atoms with Crippen molar-refractivity contribution in [2.75, 3.05) is 33.7 Å². The number of hydrogen-bond donors (Lipinski definition) is 1. The van der Waals surface area contributed by atoms with E-state index in [1.54, 1.807) is 14.1 Å². The van der Waals surface area contributed by atoms with E-state index in [2.05, 4.69) is 5.32 Å². The van der Waals surface area contributed by atoms with Crippen LogP contribution in [-0.4, -0.2) is 68.6 Å². The van der Waals surface area contributed by atoms with Crippen molar-refractivity contribution in [1.29, 1.82) is 0 Å². The van der Waals surface area contributed by atoms with E-state index in [0.29, 0.717) is 19.6 Å². The standard InChI is InChI=1S/C10H21N3O3S/c1-8-7-13(6-5-11-8)17(15,16)9(2)10(14)12(3)4/h8-9,11H,5-7H2,1-4H3/t8-,9?/m0/s1. The fourth-order valence-electron chi connectivity index (χ4n) is 1.84. The number of nitrogens with zero attached hydrogens (tertiary/aromatic N) is 2. The van der Waals surface area contributed by atoms with Crippen LogP contribution in [0.2, 0.25) is 0 Å². The molecule has 6 nitrogen and oxygen atoms in total. The molecule has 1 aliphatic rings. The van der Waals surface area contributed by atoms with Gasteiger partial charge in [-0.25, -0.2) is 8.42 Å². The lowest BCUT2D eigenvalue weighted by Gasteiger charge is -2.33. The third kappa shape index (κ3) is 3.17. The molecule has 1 fully saturated rings. The van der Waals surface area contributed by atoms with Crippen molar-refractivity contribution in [2.45, 2.75) is 25.1 Å². The summed E-state index contributed by atoms with van der Waals surface area (Å²) in [6.07, 6.45) is 0. The van der Waals surface area contributed by atoms with E-state index in [9.17, 15) is 13.2 Å². The van der Waals surface area contributed by atoms with Gasteiger partial charge in [0.1, 0.15) is 0 Å². The summed E-state index contributed by atoms with van der Waals surface area (Å²) in [4.78, 5) is 13.0. The Morgan fingerprint density at radius 3 is 2.53 bits per heavy atom. The van der Waals surface area contributed by atoms with Gasteiger partial charge in [0.05, 0.1) is 0 Å². The van der Waals surface area contributed by atoms with Crippen LogP contribution in [0.4, 0.5) is 0 Å². The van der Waals surface area contributed by atoms with Gasteiger partial charge in [-0.15, -0.1) is 0 Å². The van der Waals surface area contributed by atoms with Gasteiger partial charge in [0.25, 0.3) is 0 Å². The first-order valence-electron chi connectivity index (χ1n) is 5.70. The van der Waals surface area contributed by atoms with Crippen molar-refractivity contribution in [2.24, 2.45) is 0 Å². The fraction of sp³-hybridized carbons (Fsp3) is 0.900. The largest absolute Gasteiger partial charge is 0.348 e. The fourth-order valence-corrected chi connectivity index (χ4v) is 3.53. The van der Waals surface area contributed by atoms with Crippen LogP contribution in [0.25, 0.3) is 0 Å². The zero-order valence-corrected chi connectivity index (χ0v) is 11.6. The number of nitrogens with one attached hydrogen (secondary N) is 1. The van der Waals surface area contributed by atoms with Crippen LogP contribution in [0.5, 0.6) is 0 Å². The van der Waals surface area contributed by atoms with Crippen LogP contribution in [-0.2, 0) is 14.8 Å². The lowest BCUT2D eigenvalue weighted by molar-refractivity contribution is -0.128. The molecule has 0 radical (unpaired) electrons. The molecule has 1 amide bonds. The molecule has 17 heavy (non-hydrogen) atoms. The first-order chi connectivity index (χ1) is 7.76. The Bertz CT molecular complexity index is 380. The maximum Gasteiger partial charge on any atom is 0.241 e. The third-order valence-corrected chi connectivity index (χ3v) is 5.07. The van der Waals surface area contributed by atoms with E-state index >= 15 is 0 Å². The van der Waals surface area contributed by atoms with Gasteiger partial charge in [-0.3, -0.25) is 4.79 Å². The van der Waals surface area contributed by atoms with Crippen LogP contribution in [0.3, 0.4) is 0 Å². The van der Waals surface area contributed by atoms with Crippen LogP contribution >= 0.6 is 0 Å². The van der Waals surface area contributed by atoms with Crippen molar-refractivity contribution in [3.8, 4) is 0 Å². The van der Waals surface area contributed by atoms with Gasteiger partial charge >= 0.3 is 0 Å². The number of carbonyl (C=O) groups excluding carboxylic acids is 1. The molecule has 7 heteroatoms. The third-order valence-electron chi connectivity index (χ3n) is 2.93. The van der Waals surface area contributed by atoms with Gasteiger partial charge in [0.2, 0.25) is 15.9 Å². The molecule has 1 heterocycles. The summed E-state index contributed by atoms with van der Waals surface area (Å²) in [5.74, 6) is -0.379. The molecule has 0 saturated carbocycles. The topological polar surface area (TPSA) is 69.7 Å². The summed E-state index contributed by atoms with van der Waals surface area (Å²) >= 11 is 0. The highest BCUT2D eigenvalue weighted by Crippen LogP contribution is 2.13. The van der Waals surface area contributed by atoms with Gasteiger partial charge in [-0.2, -0.15) is 4.31 Å². The molecule has 0 spiro atoms. The Kier molecular flexibility index (Phi) is 4.51. The second kappa shape index (κ2) is 5.32. The monoisotopic (exact) mass is 263 g/mol. The maximum absolute atomic E-state index is 12.2. The smallest absolute Gasteiger partial charge is 0.241 e. The van der Waals surface area contributed by atoms with E-state index in [1.165, 1.54) is 16.1 Å². The molecular formula is C10H21N3O3S. The molecular weight excluding hydrogens is 242 g/mol. The lowest BCUT2D eigenvalue weighted by Crippen LogP contribution is -2.54. The molecule has 100 valence electrons. The van der Waals surface area contributed by atoms with Crippen molar-refractivity contribution in [3.63, 3.8) is 0 Å². The first kappa shape index (κ1) is 14.4. The highest BCUT2D eigenvalue weighted by molar-refractivity contribution is 7.90. The van der Waals surface area contributed by atoms with E-state index in [-0.39, 0.29) is 11.9 Å². The molecule has 0 aromatic rings. The molecule has 2 atom stereocenters.